The minimum Gasteiger partial charge on any atom is -0.469 e. The van der Waals surface area contributed by atoms with Crippen molar-refractivity contribution in [1.29, 1.82) is 0 Å². The highest BCUT2D eigenvalue weighted by Crippen LogP contribution is 2.27. The molecular weight excluding hydrogens is 408 g/mol. The van der Waals surface area contributed by atoms with E-state index < -0.39 is 6.29 Å². The molecule has 6 nitrogen and oxygen atoms in total. The van der Waals surface area contributed by atoms with Crippen molar-refractivity contribution in [2.24, 2.45) is 0 Å². The van der Waals surface area contributed by atoms with Crippen molar-refractivity contribution in [1.82, 2.24) is 0 Å². The second-order valence-corrected chi connectivity index (χ2v) is 8.02. The molecule has 0 bridgehead atoms. The fourth-order valence-electron chi connectivity index (χ4n) is 3.64. The maximum absolute atomic E-state index is 11.3. The molecule has 1 fully saturated rings. The Bertz CT molecular complexity index is 781. The van der Waals surface area contributed by atoms with E-state index >= 15 is 0 Å². The van der Waals surface area contributed by atoms with Crippen LogP contribution in [0.1, 0.15) is 43.7 Å². The zero-order valence-electron chi connectivity index (χ0n) is 19.0. The highest BCUT2D eigenvalue weighted by atomic mass is 16.7. The van der Waals surface area contributed by atoms with Gasteiger partial charge in [-0.3, -0.25) is 4.79 Å². The quantitative estimate of drug-likeness (QED) is 0.352. The molecule has 2 aromatic carbocycles. The summed E-state index contributed by atoms with van der Waals surface area (Å²) in [6.07, 6.45) is 1.64. The summed E-state index contributed by atoms with van der Waals surface area (Å²) >= 11 is 0. The molecule has 1 saturated heterocycles. The summed E-state index contributed by atoms with van der Waals surface area (Å²) in [4.78, 5) is 11.3. The van der Waals surface area contributed by atoms with Crippen LogP contribution in [0.15, 0.2) is 60.7 Å². The van der Waals surface area contributed by atoms with Crippen LogP contribution < -0.4 is 0 Å². The molecule has 0 radical (unpaired) electrons. The van der Waals surface area contributed by atoms with E-state index in [0.717, 1.165) is 17.5 Å². The van der Waals surface area contributed by atoms with Crippen LogP contribution in [-0.2, 0) is 41.7 Å². The Kier molecular flexibility index (Phi) is 10.2. The number of carbonyl (C=O) groups excluding carboxylic acids is 1. The zero-order chi connectivity index (χ0) is 22.6. The number of ether oxygens (including phenoxy) is 5. The van der Waals surface area contributed by atoms with E-state index in [2.05, 4.69) is 16.9 Å². The molecule has 1 aliphatic heterocycles. The smallest absolute Gasteiger partial charge is 0.305 e. The zero-order valence-corrected chi connectivity index (χ0v) is 19.0. The molecule has 174 valence electrons. The van der Waals surface area contributed by atoms with E-state index in [1.165, 1.54) is 7.11 Å². The molecule has 0 saturated carbocycles. The van der Waals surface area contributed by atoms with Gasteiger partial charge in [0.15, 0.2) is 6.29 Å². The molecule has 1 aliphatic rings. The van der Waals surface area contributed by atoms with E-state index in [9.17, 15) is 4.79 Å². The van der Waals surface area contributed by atoms with Gasteiger partial charge in [0.2, 0.25) is 0 Å². The summed E-state index contributed by atoms with van der Waals surface area (Å²) < 4.78 is 29.3. The molecule has 4 atom stereocenters. The van der Waals surface area contributed by atoms with Crippen LogP contribution in [0, 0.1) is 0 Å². The first kappa shape index (κ1) is 24.4. The van der Waals surface area contributed by atoms with Gasteiger partial charge in [0, 0.05) is 19.4 Å². The Morgan fingerprint density at radius 2 is 1.47 bits per heavy atom. The summed E-state index contributed by atoms with van der Waals surface area (Å²) in [5.41, 5.74) is 2.23. The summed E-state index contributed by atoms with van der Waals surface area (Å²) in [7, 11) is 1.40. The molecule has 0 spiro atoms. The summed E-state index contributed by atoms with van der Waals surface area (Å²) in [5.74, 6) is -0.199. The van der Waals surface area contributed by atoms with E-state index in [4.69, 9.17) is 18.9 Å². The molecule has 6 heteroatoms. The SMILES string of the molecule is COC(=O)CCCCOC1OC(C)[C@H](OCc2ccccc2)C[C@@H]1OCc1ccccc1. The van der Waals surface area contributed by atoms with Crippen molar-refractivity contribution in [3.8, 4) is 0 Å². The van der Waals surface area contributed by atoms with Gasteiger partial charge in [0.05, 0.1) is 32.5 Å². The van der Waals surface area contributed by atoms with Crippen LogP contribution in [0.5, 0.6) is 0 Å². The van der Waals surface area contributed by atoms with Gasteiger partial charge in [-0.05, 0) is 30.9 Å². The van der Waals surface area contributed by atoms with E-state index in [1.54, 1.807) is 0 Å². The molecule has 2 aromatic rings. The monoisotopic (exact) mass is 442 g/mol. The van der Waals surface area contributed by atoms with Gasteiger partial charge < -0.3 is 23.7 Å². The van der Waals surface area contributed by atoms with Crippen molar-refractivity contribution >= 4 is 5.97 Å². The van der Waals surface area contributed by atoms with Crippen molar-refractivity contribution in [3.63, 3.8) is 0 Å². The molecule has 3 rings (SSSR count). The molecule has 0 aromatic heterocycles. The van der Waals surface area contributed by atoms with Gasteiger partial charge in [-0.25, -0.2) is 0 Å². The van der Waals surface area contributed by atoms with Gasteiger partial charge >= 0.3 is 5.97 Å². The number of benzene rings is 2. The Morgan fingerprint density at radius 3 is 2.06 bits per heavy atom. The van der Waals surface area contributed by atoms with Crippen LogP contribution in [0.25, 0.3) is 0 Å². The number of methoxy groups -OCH3 is 1. The van der Waals surface area contributed by atoms with Gasteiger partial charge in [0.1, 0.15) is 6.10 Å². The third-order valence-corrected chi connectivity index (χ3v) is 5.54. The molecule has 2 unspecified atom stereocenters. The number of rotatable bonds is 12. The van der Waals surface area contributed by atoms with Crippen LogP contribution >= 0.6 is 0 Å². The Hall–Kier alpha value is -2.25. The first-order chi connectivity index (χ1) is 15.7. The van der Waals surface area contributed by atoms with Gasteiger partial charge in [-0.1, -0.05) is 60.7 Å². The minimum atomic E-state index is -0.469. The lowest BCUT2D eigenvalue weighted by Crippen LogP contribution is -2.49. The first-order valence-electron chi connectivity index (χ1n) is 11.3. The highest BCUT2D eigenvalue weighted by molar-refractivity contribution is 5.68. The third-order valence-electron chi connectivity index (χ3n) is 5.54. The highest BCUT2D eigenvalue weighted by Gasteiger charge is 2.38. The number of hydrogen-bond donors (Lipinski definition) is 0. The van der Waals surface area contributed by atoms with E-state index in [-0.39, 0.29) is 24.3 Å². The fourth-order valence-corrected chi connectivity index (χ4v) is 3.64. The third kappa shape index (κ3) is 8.02. The Morgan fingerprint density at radius 1 is 0.875 bits per heavy atom. The van der Waals surface area contributed by atoms with Crippen LogP contribution in [-0.4, -0.2) is 44.3 Å². The van der Waals surface area contributed by atoms with Crippen LogP contribution in [0.4, 0.5) is 0 Å². The average Bonchev–Trinajstić information content (AvgIpc) is 2.83. The standard InChI is InChI=1S/C26H34O6/c1-20-23(30-18-21-11-5-3-6-12-21)17-24(31-19-22-13-7-4-8-14-22)26(32-20)29-16-10-9-15-25(27)28-2/h3-8,11-14,20,23-24,26H,9-10,15-19H2,1-2H3/t20?,23-,24+,26?/m1/s1. The molecule has 32 heavy (non-hydrogen) atoms. The number of carbonyl (C=O) groups is 1. The number of unbranched alkanes of at least 4 members (excludes halogenated alkanes) is 1. The van der Waals surface area contributed by atoms with Gasteiger partial charge in [-0.2, -0.15) is 0 Å². The first-order valence-corrected chi connectivity index (χ1v) is 11.3. The maximum Gasteiger partial charge on any atom is 0.305 e. The minimum absolute atomic E-state index is 0.0878. The van der Waals surface area contributed by atoms with Crippen LogP contribution in [0.3, 0.4) is 0 Å². The lowest BCUT2D eigenvalue weighted by atomic mass is 10.0. The fraction of sp³-hybridized carbons (Fsp3) is 0.500. The molecule has 1 heterocycles. The summed E-state index contributed by atoms with van der Waals surface area (Å²) in [5, 5.41) is 0. The summed E-state index contributed by atoms with van der Waals surface area (Å²) in [6.45, 7) is 3.52. The Balaban J connectivity index is 1.54. The van der Waals surface area contributed by atoms with Crippen molar-refractivity contribution in [2.75, 3.05) is 13.7 Å². The normalized spacial score (nSPS) is 23.1. The molecule has 0 N–H and O–H groups in total. The van der Waals surface area contributed by atoms with Gasteiger partial charge in [-0.15, -0.1) is 0 Å². The average molecular weight is 443 g/mol. The van der Waals surface area contributed by atoms with Gasteiger partial charge in [0.25, 0.3) is 0 Å². The lowest BCUT2D eigenvalue weighted by Gasteiger charge is -2.39. The van der Waals surface area contributed by atoms with E-state index in [1.807, 2.05) is 55.5 Å². The summed E-state index contributed by atoms with van der Waals surface area (Å²) in [6, 6.07) is 20.2. The van der Waals surface area contributed by atoms with Crippen molar-refractivity contribution in [3.05, 3.63) is 71.8 Å². The lowest BCUT2D eigenvalue weighted by molar-refractivity contribution is -0.279. The molecule has 0 amide bonds. The largest absolute Gasteiger partial charge is 0.469 e. The molecule has 0 aliphatic carbocycles. The number of esters is 1. The molecular formula is C26H34O6. The topological polar surface area (TPSA) is 63.2 Å². The van der Waals surface area contributed by atoms with Crippen molar-refractivity contribution in [2.45, 2.75) is 70.4 Å². The predicted octanol–water partition coefficient (Wildman–Crippen LogP) is 4.65. The second-order valence-electron chi connectivity index (χ2n) is 8.02. The van der Waals surface area contributed by atoms with Crippen LogP contribution in [0.2, 0.25) is 0 Å². The van der Waals surface area contributed by atoms with Crippen molar-refractivity contribution < 1.29 is 28.5 Å². The second kappa shape index (κ2) is 13.3. The maximum atomic E-state index is 11.3. The number of hydrogen-bond acceptors (Lipinski definition) is 6. The Labute approximate surface area is 190 Å². The predicted molar refractivity (Wildman–Crippen MR) is 121 cm³/mol. The van der Waals surface area contributed by atoms with E-state index in [0.29, 0.717) is 39.1 Å².